The fraction of sp³-hybridized carbons (Fsp3) is 0.358. The largest absolute Gasteiger partial charge is 0.243 e. The van der Waals surface area contributed by atoms with E-state index in [0.717, 1.165) is 77.7 Å². The van der Waals surface area contributed by atoms with Gasteiger partial charge in [-0.05, 0) is 340 Å². The van der Waals surface area contributed by atoms with Crippen LogP contribution in [0.15, 0.2) is 13.4 Å². The van der Waals surface area contributed by atoms with Gasteiger partial charge in [0, 0.05) is 118 Å². The molecule has 0 saturated heterocycles. The smallest absolute Gasteiger partial charge is 0.144 e. The van der Waals surface area contributed by atoms with E-state index in [1.54, 1.807) is 4.80 Å². The number of nitrogens with zero attached hydrogens (tertiary/aromatic N) is 13. The Morgan fingerprint density at radius 3 is 0.547 bits per heavy atom. The van der Waals surface area contributed by atoms with Gasteiger partial charge in [0.05, 0.1) is 45.9 Å². The molecular weight excluding hydrogens is 2000 g/mol. The van der Waals surface area contributed by atoms with Gasteiger partial charge >= 0.3 is 176 Å². The molecule has 21 rings (SSSR count). The molecule has 0 fully saturated rings. The van der Waals surface area contributed by atoms with Crippen molar-refractivity contribution in [2.45, 2.75) is 263 Å². The van der Waals surface area contributed by atoms with Gasteiger partial charge in [-0.25, -0.2) is 4.63 Å². The second kappa shape index (κ2) is 38.1. The van der Waals surface area contributed by atoms with Crippen LogP contribution in [-0.4, -0.2) is 65.7 Å². The molecule has 1 aliphatic heterocycles. The number of hydrogen-bond acceptors (Lipinski definition) is 25. The van der Waals surface area contributed by atoms with Crippen LogP contribution < -0.4 is 0 Å². The number of benzene rings is 5. The van der Waals surface area contributed by atoms with Crippen LogP contribution in [-0.2, 0) is 18.4 Å². The molecule has 0 unspecified atom stereocenters. The number of aryl methyl sites for hydroxylation is 11. The van der Waals surface area contributed by atoms with Crippen molar-refractivity contribution in [3.05, 3.63) is 205 Å². The monoisotopic (exact) mass is 2120 g/mol. The SMILES string of the molecule is Cc1sc(-c2c(C)c(C)c(-c3sc(C)c(C)c3C)c3n[se]nc23)c(C)c1C.Cc1sc(-c2c(C)c(C)c(-c3sc(C)c(C)c3C)c3nn(C)nc23)c(C)c1C.Cc1sc(-c2c(C)c(C)c(-c3sc(C)c(C)c3C)c3nonc23)c(C)c1C.Cc1sc(-c2c(C)c(C)c(-c3sc(C)c(C)c3C)c3nsnc23)c(C)c1C.Cc1sc(-c2c3c(c(-c4sc(C)c(C)c4C)c4nsnc24)N=S=N3)c(C)c1C. The summed E-state index contributed by atoms with van der Waals surface area (Å²) in [5, 5.41) is 18.4. The molecule has 1 aliphatic rings. The summed E-state index contributed by atoms with van der Waals surface area (Å²) in [5.41, 5.74) is 62.1. The third-order valence-electron chi connectivity index (χ3n) is 30.4. The first kappa shape index (κ1) is 100. The van der Waals surface area contributed by atoms with Gasteiger partial charge in [0.1, 0.15) is 55.5 Å². The number of aromatic nitrogens is 11. The van der Waals surface area contributed by atoms with Crippen molar-refractivity contribution in [1.82, 2.24) is 50.8 Å². The maximum Gasteiger partial charge on any atom is 0.144 e. The maximum absolute atomic E-state index is 5.26. The van der Waals surface area contributed by atoms with Crippen LogP contribution >= 0.6 is 137 Å². The molecule has 0 spiro atoms. The van der Waals surface area contributed by atoms with Gasteiger partial charge in [-0.1, -0.05) is 0 Å². The van der Waals surface area contributed by atoms with Gasteiger partial charge in [0.15, 0.2) is 0 Å². The molecule has 0 amide bonds. The Kier molecular flexibility index (Phi) is 27.8. The van der Waals surface area contributed by atoms with Crippen LogP contribution in [0.3, 0.4) is 0 Å². The third-order valence-corrected chi connectivity index (χ3v) is 46.3. The molecule has 0 atom stereocenters. The zero-order chi connectivity index (χ0) is 99.1. The van der Waals surface area contributed by atoms with Crippen molar-refractivity contribution in [2.24, 2.45) is 15.8 Å². The second-order valence-corrected chi connectivity index (χ2v) is 52.3. The van der Waals surface area contributed by atoms with Crippen LogP contribution in [0.1, 0.15) is 205 Å². The molecular formula is C109H117N13OS13Se. The van der Waals surface area contributed by atoms with Crippen molar-refractivity contribution < 1.29 is 4.63 Å². The van der Waals surface area contributed by atoms with E-state index in [2.05, 4.69) is 273 Å². The van der Waals surface area contributed by atoms with E-state index < -0.39 is 0 Å². The molecule has 0 bridgehead atoms. The Bertz CT molecular complexity index is 7590. The van der Waals surface area contributed by atoms with E-state index in [4.69, 9.17) is 49.0 Å². The Morgan fingerprint density at radius 1 is 0.190 bits per heavy atom. The molecule has 0 aliphatic carbocycles. The first-order chi connectivity index (χ1) is 64.7. The van der Waals surface area contributed by atoms with Crippen LogP contribution in [0.2, 0.25) is 0 Å². The van der Waals surface area contributed by atoms with Crippen molar-refractivity contribution in [3.8, 4) is 104 Å². The van der Waals surface area contributed by atoms with E-state index in [1.165, 1.54) is 333 Å². The van der Waals surface area contributed by atoms with Crippen molar-refractivity contribution >= 4 is 230 Å². The topological polar surface area (TPSA) is 172 Å². The van der Waals surface area contributed by atoms with Gasteiger partial charge in [0.2, 0.25) is 0 Å². The van der Waals surface area contributed by atoms with E-state index in [0.29, 0.717) is 0 Å². The normalized spacial score (nSPS) is 11.9. The molecule has 0 radical (unpaired) electrons. The molecule has 14 nitrogen and oxygen atoms in total. The van der Waals surface area contributed by atoms with Gasteiger partial charge in [-0.15, -0.1) is 90.7 Å². The minimum atomic E-state index is -0.0451. The summed E-state index contributed by atoms with van der Waals surface area (Å²) in [4.78, 5) is 28.6. The second-order valence-electron chi connectivity index (χ2n) is 37.3. The number of rotatable bonds is 10. The van der Waals surface area contributed by atoms with E-state index in [1.807, 2.05) is 120 Å². The number of fused-ring (bicyclic) bond motifs is 6. The summed E-state index contributed by atoms with van der Waals surface area (Å²) in [6, 6.07) is 0. The van der Waals surface area contributed by atoms with E-state index >= 15 is 0 Å². The predicted octanol–water partition coefficient (Wildman–Crippen LogP) is 36.0. The zero-order valence-electron chi connectivity index (χ0n) is 85.9. The fourth-order valence-electron chi connectivity index (χ4n) is 18.9. The Hall–Kier alpha value is -8.52. The average molecular weight is 2120 g/mol. The predicted molar refractivity (Wildman–Crippen MR) is 606 cm³/mol. The third kappa shape index (κ3) is 16.4. The summed E-state index contributed by atoms with van der Waals surface area (Å²) in [6.07, 6.45) is 0. The molecule has 20 aromatic rings. The first-order valence-electron chi connectivity index (χ1n) is 45.9. The van der Waals surface area contributed by atoms with Gasteiger partial charge in [-0.2, -0.15) is 41.2 Å². The van der Waals surface area contributed by atoms with Gasteiger partial charge in [0.25, 0.3) is 0 Å². The van der Waals surface area contributed by atoms with E-state index in [-0.39, 0.29) is 15.0 Å². The van der Waals surface area contributed by atoms with Crippen LogP contribution in [0.25, 0.3) is 160 Å². The van der Waals surface area contributed by atoms with Gasteiger partial charge in [-0.3, -0.25) is 0 Å². The summed E-state index contributed by atoms with van der Waals surface area (Å²) in [6.45, 7) is 84.3. The maximum atomic E-state index is 5.26. The number of thiophene rings is 10. The molecule has 708 valence electrons. The molecule has 137 heavy (non-hydrogen) atoms. The Morgan fingerprint density at radius 2 is 0.358 bits per heavy atom. The summed E-state index contributed by atoms with van der Waals surface area (Å²) in [7, 11) is 1.92. The van der Waals surface area contributed by atoms with Crippen LogP contribution in [0.5, 0.6) is 0 Å². The molecule has 0 saturated carbocycles. The molecule has 28 heteroatoms. The summed E-state index contributed by atoms with van der Waals surface area (Å²) in [5.74, 6) is 0. The molecule has 5 aromatic carbocycles. The van der Waals surface area contributed by atoms with Gasteiger partial charge < -0.3 is 0 Å². The molecule has 16 heterocycles. The minimum Gasteiger partial charge on any atom is -0.243 e. The quantitative estimate of drug-likeness (QED) is 0.119. The van der Waals surface area contributed by atoms with E-state index in [9.17, 15) is 0 Å². The number of hydrogen-bond donors (Lipinski definition) is 0. The standard InChI is InChI=1S/C23H27N3S2.C22H24N2OS2.C22H24N2S3.C22H24N2S2Se.C20H18N4S4/c1-10-14(5)22(27-16(10)7)18-12(3)13(4)19(21-20(18)24-26(9)25-21)23-15(6)11(2)17(8)28-23;1-9-13(5)21(26-15(9)7)17-11(3)12(4)18(20-19(17)23-25-24-20)22-14(6)10(2)16(8)27-22;2*1-9-13(5)21(25-15(9)7)17-11(3)12(4)18(20-19(17)23-27-24-20)22-14(6)10(2)16(8)26-22;1-7-9(3)19(25-11(7)5)13-15-17(23-27-21-15)14(18-16(13)22-28-24-18)20-10(4)8(2)12(6)26-20/h1-9H3;3*1-8H3;1-6H3. The van der Waals surface area contributed by atoms with Crippen molar-refractivity contribution in [1.29, 1.82) is 0 Å². The minimum absolute atomic E-state index is 0.0451. The Balaban J connectivity index is 0.000000119. The Labute approximate surface area is 864 Å². The molecule has 0 N–H and O–H groups in total. The summed E-state index contributed by atoms with van der Waals surface area (Å²) >= 11 is 22.5. The van der Waals surface area contributed by atoms with Crippen LogP contribution in [0, 0.1) is 263 Å². The van der Waals surface area contributed by atoms with Crippen LogP contribution in [0.4, 0.5) is 11.4 Å². The summed E-state index contributed by atoms with van der Waals surface area (Å²) < 4.78 is 43.5. The first-order valence-corrected chi connectivity index (χ1v) is 57.8. The van der Waals surface area contributed by atoms with Crippen molar-refractivity contribution in [3.63, 3.8) is 0 Å². The average Bonchev–Trinajstić information content (AvgIpc) is 1.58. The zero-order valence-corrected chi connectivity index (χ0v) is 98.3. The van der Waals surface area contributed by atoms with Crippen molar-refractivity contribution in [2.75, 3.05) is 0 Å². The fourth-order valence-corrected chi connectivity index (χ4v) is 34.4. The molecule has 15 aromatic heterocycles.